The van der Waals surface area contributed by atoms with Crippen molar-refractivity contribution in [2.75, 3.05) is 5.32 Å². The third kappa shape index (κ3) is 2.52. The highest BCUT2D eigenvalue weighted by Crippen LogP contribution is 2.18. The Morgan fingerprint density at radius 2 is 2.22 bits per heavy atom. The molecule has 0 atom stereocenters. The zero-order valence-corrected chi connectivity index (χ0v) is 9.93. The number of carbonyl (C=O) groups is 1. The molecule has 0 bridgehead atoms. The van der Waals surface area contributed by atoms with Crippen molar-refractivity contribution in [1.82, 2.24) is 4.98 Å². The molecule has 1 aromatic heterocycles. The smallest absolute Gasteiger partial charge is 0.275 e. The fourth-order valence-electron chi connectivity index (χ4n) is 1.30. The molecule has 94 valence electrons. The van der Waals surface area contributed by atoms with Crippen LogP contribution in [0, 0.1) is 11.6 Å². The number of hydrogen-bond acceptors (Lipinski definition) is 4. The Bertz CT molecular complexity index is 585. The number of thiazole rings is 1. The standard InChI is InChI=1S/C11H9F2N3OS/c12-6-2-1-3-7(10(6)13)16-11(17)8-5-18-9(4-14)15-8/h1-3,5H,4,14H2,(H,16,17). The van der Waals surface area contributed by atoms with Gasteiger partial charge < -0.3 is 11.1 Å². The average Bonchev–Trinajstić information content (AvgIpc) is 2.83. The summed E-state index contributed by atoms with van der Waals surface area (Å²) in [5.41, 5.74) is 5.28. The molecule has 4 nitrogen and oxygen atoms in total. The molecular formula is C11H9F2N3OS. The number of benzene rings is 1. The lowest BCUT2D eigenvalue weighted by molar-refractivity contribution is 0.102. The Hall–Kier alpha value is -1.86. The molecular weight excluding hydrogens is 260 g/mol. The number of carbonyl (C=O) groups excluding carboxylic acids is 1. The summed E-state index contributed by atoms with van der Waals surface area (Å²) in [5.74, 6) is -2.72. The number of rotatable bonds is 3. The van der Waals surface area contributed by atoms with E-state index in [4.69, 9.17) is 5.73 Å². The van der Waals surface area contributed by atoms with Crippen molar-refractivity contribution >= 4 is 22.9 Å². The van der Waals surface area contributed by atoms with E-state index >= 15 is 0 Å². The second-order valence-electron chi connectivity index (χ2n) is 3.39. The maximum absolute atomic E-state index is 13.3. The second-order valence-corrected chi connectivity index (χ2v) is 4.33. The summed E-state index contributed by atoms with van der Waals surface area (Å²) in [6.45, 7) is 0.228. The summed E-state index contributed by atoms with van der Waals surface area (Å²) >= 11 is 1.23. The number of nitrogens with zero attached hydrogens (tertiary/aromatic N) is 1. The van der Waals surface area contributed by atoms with Gasteiger partial charge in [0.2, 0.25) is 0 Å². The van der Waals surface area contributed by atoms with Crippen LogP contribution in [0.2, 0.25) is 0 Å². The number of halogens is 2. The van der Waals surface area contributed by atoms with Gasteiger partial charge in [0.05, 0.1) is 5.69 Å². The third-order valence-electron chi connectivity index (χ3n) is 2.16. The monoisotopic (exact) mass is 269 g/mol. The number of nitrogens with two attached hydrogens (primary N) is 1. The molecule has 0 saturated heterocycles. The van der Waals surface area contributed by atoms with Crippen LogP contribution >= 0.6 is 11.3 Å². The minimum atomic E-state index is -1.10. The van der Waals surface area contributed by atoms with Gasteiger partial charge in [-0.15, -0.1) is 11.3 Å². The molecule has 0 spiro atoms. The van der Waals surface area contributed by atoms with Crippen LogP contribution in [0.3, 0.4) is 0 Å². The summed E-state index contributed by atoms with van der Waals surface area (Å²) in [7, 11) is 0. The lowest BCUT2D eigenvalue weighted by Crippen LogP contribution is -2.14. The maximum atomic E-state index is 13.3. The number of anilines is 1. The lowest BCUT2D eigenvalue weighted by Gasteiger charge is -2.04. The van der Waals surface area contributed by atoms with E-state index in [0.717, 1.165) is 6.07 Å². The second kappa shape index (κ2) is 5.19. The maximum Gasteiger partial charge on any atom is 0.275 e. The van der Waals surface area contributed by atoms with Gasteiger partial charge in [-0.05, 0) is 12.1 Å². The van der Waals surface area contributed by atoms with Gasteiger partial charge in [-0.25, -0.2) is 13.8 Å². The van der Waals surface area contributed by atoms with Gasteiger partial charge in [-0.1, -0.05) is 6.07 Å². The Kier molecular flexibility index (Phi) is 3.63. The SMILES string of the molecule is NCc1nc(C(=O)Nc2cccc(F)c2F)cs1. The van der Waals surface area contributed by atoms with Gasteiger partial charge in [0, 0.05) is 11.9 Å². The molecule has 0 aliphatic rings. The van der Waals surface area contributed by atoms with Crippen LogP contribution in [0.25, 0.3) is 0 Å². The van der Waals surface area contributed by atoms with E-state index in [0.29, 0.717) is 5.01 Å². The molecule has 0 aliphatic heterocycles. The fourth-order valence-corrected chi connectivity index (χ4v) is 1.95. The van der Waals surface area contributed by atoms with Crippen LogP contribution in [-0.4, -0.2) is 10.9 Å². The molecule has 0 aliphatic carbocycles. The van der Waals surface area contributed by atoms with Crippen molar-refractivity contribution in [3.63, 3.8) is 0 Å². The Morgan fingerprint density at radius 1 is 1.44 bits per heavy atom. The molecule has 1 heterocycles. The topological polar surface area (TPSA) is 68.0 Å². The quantitative estimate of drug-likeness (QED) is 0.897. The molecule has 0 saturated carbocycles. The average molecular weight is 269 g/mol. The molecule has 1 amide bonds. The summed E-state index contributed by atoms with van der Waals surface area (Å²) in [5, 5.41) is 4.36. The van der Waals surface area contributed by atoms with E-state index in [9.17, 15) is 13.6 Å². The van der Waals surface area contributed by atoms with Crippen LogP contribution in [0.15, 0.2) is 23.6 Å². The lowest BCUT2D eigenvalue weighted by atomic mass is 10.3. The van der Waals surface area contributed by atoms with E-state index in [2.05, 4.69) is 10.3 Å². The molecule has 1 aromatic carbocycles. The summed E-state index contributed by atoms with van der Waals surface area (Å²) < 4.78 is 26.3. The Morgan fingerprint density at radius 3 is 2.89 bits per heavy atom. The Labute approximate surface area is 105 Å². The number of amides is 1. The minimum Gasteiger partial charge on any atom is -0.325 e. The van der Waals surface area contributed by atoms with Gasteiger partial charge in [-0.3, -0.25) is 4.79 Å². The highest BCUT2D eigenvalue weighted by Gasteiger charge is 2.14. The van der Waals surface area contributed by atoms with Gasteiger partial charge in [0.15, 0.2) is 11.6 Å². The molecule has 2 aromatic rings. The van der Waals surface area contributed by atoms with E-state index in [1.54, 1.807) is 0 Å². The van der Waals surface area contributed by atoms with Crippen molar-refractivity contribution in [2.24, 2.45) is 5.73 Å². The molecule has 18 heavy (non-hydrogen) atoms. The molecule has 0 radical (unpaired) electrons. The predicted octanol–water partition coefficient (Wildman–Crippen LogP) is 2.13. The van der Waals surface area contributed by atoms with Crippen LogP contribution in [0.4, 0.5) is 14.5 Å². The minimum absolute atomic E-state index is 0.129. The van der Waals surface area contributed by atoms with Crippen molar-refractivity contribution in [3.05, 3.63) is 45.9 Å². The summed E-state index contributed by atoms with van der Waals surface area (Å²) in [4.78, 5) is 15.7. The highest BCUT2D eigenvalue weighted by molar-refractivity contribution is 7.09. The first-order chi connectivity index (χ1) is 8.61. The normalized spacial score (nSPS) is 10.4. The molecule has 0 unspecified atom stereocenters. The number of aromatic nitrogens is 1. The first-order valence-electron chi connectivity index (χ1n) is 5.01. The van der Waals surface area contributed by atoms with Crippen LogP contribution in [-0.2, 0) is 6.54 Å². The number of nitrogens with one attached hydrogen (secondary N) is 1. The predicted molar refractivity (Wildman–Crippen MR) is 64.3 cm³/mol. The van der Waals surface area contributed by atoms with Gasteiger partial charge in [0.1, 0.15) is 10.7 Å². The zero-order chi connectivity index (χ0) is 13.1. The molecule has 0 fully saturated rings. The molecule has 2 rings (SSSR count). The van der Waals surface area contributed by atoms with Crippen molar-refractivity contribution in [2.45, 2.75) is 6.54 Å². The van der Waals surface area contributed by atoms with E-state index < -0.39 is 17.5 Å². The van der Waals surface area contributed by atoms with Crippen LogP contribution in [0.1, 0.15) is 15.5 Å². The molecule has 3 N–H and O–H groups in total. The zero-order valence-electron chi connectivity index (χ0n) is 9.11. The first kappa shape index (κ1) is 12.6. The third-order valence-corrected chi connectivity index (χ3v) is 3.03. The van der Waals surface area contributed by atoms with E-state index in [-0.39, 0.29) is 17.9 Å². The van der Waals surface area contributed by atoms with E-state index in [1.807, 2.05) is 0 Å². The summed E-state index contributed by atoms with van der Waals surface area (Å²) in [6, 6.07) is 3.55. The number of hydrogen-bond donors (Lipinski definition) is 2. The van der Waals surface area contributed by atoms with Crippen LogP contribution in [0.5, 0.6) is 0 Å². The molecule has 7 heteroatoms. The van der Waals surface area contributed by atoms with Gasteiger partial charge in [0.25, 0.3) is 5.91 Å². The Balaban J connectivity index is 2.18. The summed E-state index contributed by atoms with van der Waals surface area (Å²) in [6.07, 6.45) is 0. The van der Waals surface area contributed by atoms with Crippen LogP contribution < -0.4 is 11.1 Å². The van der Waals surface area contributed by atoms with Gasteiger partial charge >= 0.3 is 0 Å². The van der Waals surface area contributed by atoms with Crippen molar-refractivity contribution in [3.8, 4) is 0 Å². The first-order valence-corrected chi connectivity index (χ1v) is 5.89. The fraction of sp³-hybridized carbons (Fsp3) is 0.0909. The largest absolute Gasteiger partial charge is 0.325 e. The van der Waals surface area contributed by atoms with Crippen molar-refractivity contribution in [1.29, 1.82) is 0 Å². The highest BCUT2D eigenvalue weighted by atomic mass is 32.1. The van der Waals surface area contributed by atoms with Crippen molar-refractivity contribution < 1.29 is 13.6 Å². The van der Waals surface area contributed by atoms with Gasteiger partial charge in [-0.2, -0.15) is 0 Å². The van der Waals surface area contributed by atoms with E-state index in [1.165, 1.54) is 28.8 Å².